The second kappa shape index (κ2) is 7.93. The first-order valence-electron chi connectivity index (χ1n) is 7.75. The molecule has 0 aliphatic heterocycles. The lowest BCUT2D eigenvalue weighted by Crippen LogP contribution is -2.17. The van der Waals surface area contributed by atoms with E-state index in [0.29, 0.717) is 0 Å². The zero-order chi connectivity index (χ0) is 16.8. The van der Waals surface area contributed by atoms with E-state index in [2.05, 4.69) is 15.9 Å². The number of ether oxygens (including phenoxy) is 1. The van der Waals surface area contributed by atoms with Crippen LogP contribution < -0.4 is 0 Å². The van der Waals surface area contributed by atoms with Gasteiger partial charge in [0.25, 0.3) is 0 Å². The third-order valence-corrected chi connectivity index (χ3v) is 4.32. The van der Waals surface area contributed by atoms with Gasteiger partial charge in [-0.15, -0.1) is 0 Å². The molecule has 0 spiro atoms. The fourth-order valence-electron chi connectivity index (χ4n) is 2.57. The van der Waals surface area contributed by atoms with Gasteiger partial charge in [-0.05, 0) is 28.8 Å². The minimum Gasteiger partial charge on any atom is -0.460 e. The Hall–Kier alpha value is -2.39. The van der Waals surface area contributed by atoms with Crippen LogP contribution in [0.15, 0.2) is 89.4 Å². The number of hydrogen-bond acceptors (Lipinski definition) is 2. The van der Waals surface area contributed by atoms with Gasteiger partial charge in [-0.3, -0.25) is 4.79 Å². The maximum Gasteiger partial charge on any atom is 0.318 e. The Bertz CT molecular complexity index is 744. The number of halogens is 1. The molecule has 0 fully saturated rings. The van der Waals surface area contributed by atoms with Crippen molar-refractivity contribution >= 4 is 21.9 Å². The Labute approximate surface area is 150 Å². The topological polar surface area (TPSA) is 26.3 Å². The summed E-state index contributed by atoms with van der Waals surface area (Å²) in [6.07, 6.45) is 0. The van der Waals surface area contributed by atoms with Gasteiger partial charge in [0.1, 0.15) is 12.5 Å². The van der Waals surface area contributed by atoms with Crippen molar-refractivity contribution in [3.05, 3.63) is 106 Å². The molecule has 0 aromatic heterocycles. The molecule has 24 heavy (non-hydrogen) atoms. The molecule has 0 heterocycles. The van der Waals surface area contributed by atoms with Gasteiger partial charge >= 0.3 is 5.97 Å². The number of hydrogen-bond donors (Lipinski definition) is 0. The van der Waals surface area contributed by atoms with Gasteiger partial charge in [0.2, 0.25) is 0 Å². The summed E-state index contributed by atoms with van der Waals surface area (Å²) in [7, 11) is 0. The molecule has 0 aliphatic carbocycles. The first-order valence-corrected chi connectivity index (χ1v) is 8.54. The van der Waals surface area contributed by atoms with Gasteiger partial charge in [0.15, 0.2) is 0 Å². The third kappa shape index (κ3) is 4.12. The average molecular weight is 381 g/mol. The molecule has 3 aromatic rings. The smallest absolute Gasteiger partial charge is 0.318 e. The Morgan fingerprint density at radius 3 is 1.79 bits per heavy atom. The molecule has 0 bridgehead atoms. The standard InChI is InChI=1S/C21H17BrO2/c22-19-13-11-16(12-14-19)15-24-21(23)20(17-7-3-1-4-8-17)18-9-5-2-6-10-18/h1-14,20H,15H2. The van der Waals surface area contributed by atoms with E-state index in [1.54, 1.807) is 0 Å². The number of carbonyl (C=O) groups excluding carboxylic acids is 1. The molecule has 0 radical (unpaired) electrons. The van der Waals surface area contributed by atoms with Crippen molar-refractivity contribution in [3.63, 3.8) is 0 Å². The van der Waals surface area contributed by atoms with Gasteiger partial charge in [-0.25, -0.2) is 0 Å². The molecule has 3 rings (SSSR count). The van der Waals surface area contributed by atoms with Crippen LogP contribution in [0.2, 0.25) is 0 Å². The van der Waals surface area contributed by atoms with Gasteiger partial charge in [0, 0.05) is 4.47 Å². The van der Waals surface area contributed by atoms with E-state index in [1.807, 2.05) is 84.9 Å². The summed E-state index contributed by atoms with van der Waals surface area (Å²) in [5, 5.41) is 0. The molecule has 0 unspecified atom stereocenters. The lowest BCUT2D eigenvalue weighted by molar-refractivity contribution is -0.145. The van der Waals surface area contributed by atoms with Crippen molar-refractivity contribution < 1.29 is 9.53 Å². The van der Waals surface area contributed by atoms with Crippen LogP contribution in [0.1, 0.15) is 22.6 Å². The number of rotatable bonds is 5. The molecule has 3 heteroatoms. The molecule has 0 saturated carbocycles. The van der Waals surface area contributed by atoms with Crippen molar-refractivity contribution in [2.75, 3.05) is 0 Å². The van der Waals surface area contributed by atoms with E-state index < -0.39 is 5.92 Å². The summed E-state index contributed by atoms with van der Waals surface area (Å²) in [5.41, 5.74) is 2.83. The predicted molar refractivity (Wildman–Crippen MR) is 98.7 cm³/mol. The highest BCUT2D eigenvalue weighted by Gasteiger charge is 2.24. The van der Waals surface area contributed by atoms with Crippen LogP contribution in [0.4, 0.5) is 0 Å². The van der Waals surface area contributed by atoms with Gasteiger partial charge in [-0.1, -0.05) is 88.7 Å². The lowest BCUT2D eigenvalue weighted by atomic mass is 9.91. The van der Waals surface area contributed by atoms with E-state index in [-0.39, 0.29) is 12.6 Å². The highest BCUT2D eigenvalue weighted by Crippen LogP contribution is 2.26. The molecular weight excluding hydrogens is 364 g/mol. The first-order chi connectivity index (χ1) is 11.7. The fourth-order valence-corrected chi connectivity index (χ4v) is 2.84. The van der Waals surface area contributed by atoms with E-state index in [9.17, 15) is 4.79 Å². The number of benzene rings is 3. The van der Waals surface area contributed by atoms with E-state index >= 15 is 0 Å². The van der Waals surface area contributed by atoms with Crippen LogP contribution in [-0.2, 0) is 16.1 Å². The highest BCUT2D eigenvalue weighted by atomic mass is 79.9. The second-order valence-electron chi connectivity index (χ2n) is 5.49. The van der Waals surface area contributed by atoms with Crippen LogP contribution in [0.3, 0.4) is 0 Å². The molecular formula is C21H17BrO2. The molecule has 0 N–H and O–H groups in total. The molecule has 0 atom stereocenters. The van der Waals surface area contributed by atoms with Crippen molar-refractivity contribution in [2.45, 2.75) is 12.5 Å². The first kappa shape index (κ1) is 16.5. The third-order valence-electron chi connectivity index (χ3n) is 3.80. The second-order valence-corrected chi connectivity index (χ2v) is 6.40. The van der Waals surface area contributed by atoms with Crippen LogP contribution in [-0.4, -0.2) is 5.97 Å². The Kier molecular flexibility index (Phi) is 5.44. The molecule has 3 aromatic carbocycles. The van der Waals surface area contributed by atoms with Crippen molar-refractivity contribution in [1.29, 1.82) is 0 Å². The Morgan fingerprint density at radius 1 is 0.792 bits per heavy atom. The highest BCUT2D eigenvalue weighted by molar-refractivity contribution is 9.10. The minimum absolute atomic E-state index is 0.240. The van der Waals surface area contributed by atoms with E-state index in [0.717, 1.165) is 21.2 Å². The number of esters is 1. The summed E-state index contributed by atoms with van der Waals surface area (Å²) in [5.74, 6) is -0.654. The SMILES string of the molecule is O=C(OCc1ccc(Br)cc1)C(c1ccccc1)c1ccccc1. The molecule has 2 nitrogen and oxygen atoms in total. The zero-order valence-electron chi connectivity index (χ0n) is 13.1. The van der Waals surface area contributed by atoms with Crippen LogP contribution in [0, 0.1) is 0 Å². The largest absolute Gasteiger partial charge is 0.460 e. The van der Waals surface area contributed by atoms with Crippen molar-refractivity contribution in [1.82, 2.24) is 0 Å². The van der Waals surface area contributed by atoms with E-state index in [1.165, 1.54) is 0 Å². The maximum atomic E-state index is 12.8. The zero-order valence-corrected chi connectivity index (χ0v) is 14.6. The van der Waals surface area contributed by atoms with Crippen LogP contribution in [0.5, 0.6) is 0 Å². The van der Waals surface area contributed by atoms with Gasteiger partial charge in [-0.2, -0.15) is 0 Å². The van der Waals surface area contributed by atoms with Crippen molar-refractivity contribution in [3.8, 4) is 0 Å². The molecule has 0 amide bonds. The fraction of sp³-hybridized carbons (Fsp3) is 0.0952. The van der Waals surface area contributed by atoms with Gasteiger partial charge < -0.3 is 4.74 Å². The van der Waals surface area contributed by atoms with Crippen molar-refractivity contribution in [2.24, 2.45) is 0 Å². The van der Waals surface area contributed by atoms with E-state index in [4.69, 9.17) is 4.74 Å². The normalized spacial score (nSPS) is 10.6. The number of carbonyl (C=O) groups is 1. The minimum atomic E-state index is -0.414. The summed E-state index contributed by atoms with van der Waals surface area (Å²) >= 11 is 3.40. The monoisotopic (exact) mass is 380 g/mol. The quantitative estimate of drug-likeness (QED) is 0.559. The summed E-state index contributed by atoms with van der Waals surface area (Å²) < 4.78 is 6.59. The van der Waals surface area contributed by atoms with Crippen LogP contribution in [0.25, 0.3) is 0 Å². The molecule has 120 valence electrons. The predicted octanol–water partition coefficient (Wildman–Crippen LogP) is 5.32. The average Bonchev–Trinajstić information content (AvgIpc) is 2.63. The summed E-state index contributed by atoms with van der Waals surface area (Å²) in [4.78, 5) is 12.8. The summed E-state index contributed by atoms with van der Waals surface area (Å²) in [6, 6.07) is 27.2. The van der Waals surface area contributed by atoms with Gasteiger partial charge in [0.05, 0.1) is 0 Å². The molecule has 0 saturated heterocycles. The lowest BCUT2D eigenvalue weighted by Gasteiger charge is -2.17. The maximum absolute atomic E-state index is 12.8. The molecule has 0 aliphatic rings. The Balaban J connectivity index is 1.80. The van der Waals surface area contributed by atoms with Crippen LogP contribution >= 0.6 is 15.9 Å². The summed E-state index contributed by atoms with van der Waals surface area (Å²) in [6.45, 7) is 0.266. The Morgan fingerprint density at radius 2 is 1.29 bits per heavy atom.